The van der Waals surface area contributed by atoms with E-state index in [0.717, 1.165) is 12.5 Å². The molecule has 4 heterocycles. The van der Waals surface area contributed by atoms with Gasteiger partial charge in [-0.15, -0.1) is 0 Å². The van der Waals surface area contributed by atoms with Gasteiger partial charge in [-0.1, -0.05) is 6.07 Å². The standard InChI is InChI=1S/C24H24F3N7O3.H2S/c1-3-37-22(35)16-10-28-34(14-16)23-30-19-11-29-33(20(19)21(31-23)36-2)13-15-7-8-32(12-15)18-6-4-5-17(9-18)24(25,26)27;/h4-6,9-11,14-15H,3,7-8,12-13H2,1-2H3;1H2/t15-;/m0./s1. The van der Waals surface area contributed by atoms with Crippen molar-refractivity contribution in [3.8, 4) is 11.8 Å². The molecule has 1 aromatic carbocycles. The Balaban J connectivity index is 0.00000336. The minimum atomic E-state index is -4.38. The van der Waals surface area contributed by atoms with Crippen molar-refractivity contribution < 1.29 is 27.4 Å². The average Bonchev–Trinajstić information content (AvgIpc) is 3.64. The highest BCUT2D eigenvalue weighted by Crippen LogP contribution is 2.34. The number of carbonyl (C=O) groups excluding carboxylic acids is 1. The molecule has 0 aliphatic carbocycles. The van der Waals surface area contributed by atoms with Gasteiger partial charge in [-0.25, -0.2) is 14.5 Å². The number of halogens is 3. The van der Waals surface area contributed by atoms with Crippen molar-refractivity contribution in [2.75, 3.05) is 31.7 Å². The number of nitrogens with zero attached hydrogens (tertiary/aromatic N) is 7. The minimum Gasteiger partial charge on any atom is -0.479 e. The molecule has 202 valence electrons. The summed E-state index contributed by atoms with van der Waals surface area (Å²) in [6.45, 7) is 3.72. The zero-order valence-electron chi connectivity index (χ0n) is 20.6. The van der Waals surface area contributed by atoms with Crippen LogP contribution in [0.1, 0.15) is 29.3 Å². The fourth-order valence-corrected chi connectivity index (χ4v) is 4.43. The lowest BCUT2D eigenvalue weighted by molar-refractivity contribution is -0.137. The van der Waals surface area contributed by atoms with E-state index in [2.05, 4.69) is 20.2 Å². The summed E-state index contributed by atoms with van der Waals surface area (Å²) in [5.74, 6) is 0.153. The molecule has 0 spiro atoms. The first-order valence-electron chi connectivity index (χ1n) is 11.7. The number of alkyl halides is 3. The number of aromatic nitrogens is 6. The number of fused-ring (bicyclic) bond motifs is 1. The first kappa shape index (κ1) is 27.2. The molecule has 0 saturated carbocycles. The van der Waals surface area contributed by atoms with E-state index in [1.54, 1.807) is 23.9 Å². The van der Waals surface area contributed by atoms with E-state index in [1.165, 1.54) is 36.3 Å². The van der Waals surface area contributed by atoms with Crippen LogP contribution in [0.5, 0.6) is 5.88 Å². The zero-order valence-corrected chi connectivity index (χ0v) is 21.6. The van der Waals surface area contributed by atoms with Crippen molar-refractivity contribution in [3.63, 3.8) is 0 Å². The number of ether oxygens (including phenoxy) is 2. The molecule has 14 heteroatoms. The van der Waals surface area contributed by atoms with E-state index < -0.39 is 17.7 Å². The van der Waals surface area contributed by atoms with Crippen molar-refractivity contribution >= 4 is 36.2 Å². The van der Waals surface area contributed by atoms with Crippen LogP contribution in [0.25, 0.3) is 17.0 Å². The molecule has 0 bridgehead atoms. The number of methoxy groups -OCH3 is 1. The molecule has 3 aromatic heterocycles. The topological polar surface area (TPSA) is 100 Å². The van der Waals surface area contributed by atoms with Crippen molar-refractivity contribution in [2.45, 2.75) is 26.1 Å². The number of benzene rings is 1. The maximum atomic E-state index is 13.1. The van der Waals surface area contributed by atoms with E-state index in [4.69, 9.17) is 9.47 Å². The molecular formula is C24H26F3N7O3S. The van der Waals surface area contributed by atoms with Gasteiger partial charge in [0.25, 0.3) is 5.95 Å². The molecule has 1 fully saturated rings. The highest BCUT2D eigenvalue weighted by molar-refractivity contribution is 7.59. The molecule has 0 radical (unpaired) electrons. The van der Waals surface area contributed by atoms with Gasteiger partial charge in [0.05, 0.1) is 37.2 Å². The fraction of sp³-hybridized carbons (Fsp3) is 0.375. The lowest BCUT2D eigenvalue weighted by Gasteiger charge is -2.20. The van der Waals surface area contributed by atoms with E-state index in [9.17, 15) is 18.0 Å². The second-order valence-electron chi connectivity index (χ2n) is 8.64. The van der Waals surface area contributed by atoms with Crippen molar-refractivity contribution in [1.29, 1.82) is 0 Å². The SMILES string of the molecule is CCOC(=O)c1cnn(-c2nc(OC)c3c(cnn3C[C@H]3CCN(c4cccc(C(F)(F)F)c4)C3)n2)c1.S. The summed E-state index contributed by atoms with van der Waals surface area (Å²) in [5, 5.41) is 8.62. The molecule has 1 aliphatic rings. The van der Waals surface area contributed by atoms with Crippen LogP contribution in [0, 0.1) is 5.92 Å². The zero-order chi connectivity index (χ0) is 26.2. The summed E-state index contributed by atoms with van der Waals surface area (Å²) < 4.78 is 53.0. The minimum absolute atomic E-state index is 0. The molecule has 38 heavy (non-hydrogen) atoms. The molecule has 1 atom stereocenters. The number of anilines is 1. The Morgan fingerprint density at radius 2 is 2.00 bits per heavy atom. The summed E-state index contributed by atoms with van der Waals surface area (Å²) in [6, 6.07) is 5.39. The monoisotopic (exact) mass is 549 g/mol. The van der Waals surface area contributed by atoms with Gasteiger partial charge >= 0.3 is 12.1 Å². The molecular weight excluding hydrogens is 523 g/mol. The first-order valence-corrected chi connectivity index (χ1v) is 11.7. The predicted molar refractivity (Wildman–Crippen MR) is 137 cm³/mol. The van der Waals surface area contributed by atoms with Gasteiger partial charge in [-0.3, -0.25) is 4.68 Å². The van der Waals surface area contributed by atoms with Gasteiger partial charge in [0.15, 0.2) is 0 Å². The molecule has 0 N–H and O–H groups in total. The Bertz CT molecular complexity index is 1440. The van der Waals surface area contributed by atoms with Crippen molar-refractivity contribution in [2.24, 2.45) is 5.92 Å². The van der Waals surface area contributed by atoms with Crippen LogP contribution in [-0.2, 0) is 17.5 Å². The summed E-state index contributed by atoms with van der Waals surface area (Å²) in [6.07, 6.45) is 0.859. The maximum absolute atomic E-state index is 13.1. The van der Waals surface area contributed by atoms with Crippen LogP contribution in [-0.4, -0.2) is 62.3 Å². The number of rotatable bonds is 7. The van der Waals surface area contributed by atoms with Crippen LogP contribution in [0.2, 0.25) is 0 Å². The largest absolute Gasteiger partial charge is 0.479 e. The van der Waals surface area contributed by atoms with Crippen LogP contribution in [0.3, 0.4) is 0 Å². The van der Waals surface area contributed by atoms with E-state index >= 15 is 0 Å². The Hall–Kier alpha value is -3.81. The highest BCUT2D eigenvalue weighted by atomic mass is 32.1. The third-order valence-electron chi connectivity index (χ3n) is 6.19. The third-order valence-corrected chi connectivity index (χ3v) is 6.19. The first-order chi connectivity index (χ1) is 17.8. The van der Waals surface area contributed by atoms with Gasteiger partial charge < -0.3 is 14.4 Å². The lowest BCUT2D eigenvalue weighted by Crippen LogP contribution is -2.22. The molecule has 0 amide bonds. The Morgan fingerprint density at radius 1 is 1.18 bits per heavy atom. The fourth-order valence-electron chi connectivity index (χ4n) is 4.43. The Labute approximate surface area is 222 Å². The number of esters is 1. The van der Waals surface area contributed by atoms with E-state index in [1.807, 2.05) is 4.90 Å². The molecule has 1 saturated heterocycles. The van der Waals surface area contributed by atoms with Crippen LogP contribution < -0.4 is 9.64 Å². The Kier molecular flexibility index (Phi) is 7.81. The Morgan fingerprint density at radius 3 is 2.74 bits per heavy atom. The van der Waals surface area contributed by atoms with Gasteiger partial charge in [-0.2, -0.15) is 41.8 Å². The number of hydrogen-bond donors (Lipinski definition) is 0. The normalized spacial score (nSPS) is 15.5. The van der Waals surface area contributed by atoms with Crippen molar-refractivity contribution in [3.05, 3.63) is 54.0 Å². The second-order valence-corrected chi connectivity index (χ2v) is 8.64. The smallest absolute Gasteiger partial charge is 0.416 e. The van der Waals surface area contributed by atoms with Crippen LogP contribution >= 0.6 is 13.5 Å². The summed E-state index contributed by atoms with van der Waals surface area (Å²) in [5.41, 5.74) is 1.29. The van der Waals surface area contributed by atoms with E-state index in [0.29, 0.717) is 42.2 Å². The van der Waals surface area contributed by atoms with Gasteiger partial charge in [-0.05, 0) is 37.5 Å². The van der Waals surface area contributed by atoms with Crippen LogP contribution in [0.15, 0.2) is 42.9 Å². The average molecular weight is 550 g/mol. The van der Waals surface area contributed by atoms with Gasteiger partial charge in [0, 0.05) is 31.5 Å². The molecule has 10 nitrogen and oxygen atoms in total. The number of hydrogen-bond acceptors (Lipinski definition) is 8. The van der Waals surface area contributed by atoms with Crippen LogP contribution in [0.4, 0.5) is 18.9 Å². The van der Waals surface area contributed by atoms with Gasteiger partial charge in [0.1, 0.15) is 11.0 Å². The lowest BCUT2D eigenvalue weighted by atomic mass is 10.1. The summed E-state index contributed by atoms with van der Waals surface area (Å²) >= 11 is 0. The molecule has 0 unspecified atom stereocenters. The third kappa shape index (κ3) is 5.39. The highest BCUT2D eigenvalue weighted by Gasteiger charge is 2.32. The van der Waals surface area contributed by atoms with Crippen molar-refractivity contribution in [1.82, 2.24) is 29.5 Å². The molecule has 4 aromatic rings. The summed E-state index contributed by atoms with van der Waals surface area (Å²) in [4.78, 5) is 22.9. The second kappa shape index (κ2) is 10.9. The predicted octanol–water partition coefficient (Wildman–Crippen LogP) is 3.86. The van der Waals surface area contributed by atoms with E-state index in [-0.39, 0.29) is 37.5 Å². The quantitative estimate of drug-likeness (QED) is 0.321. The summed E-state index contributed by atoms with van der Waals surface area (Å²) in [7, 11) is 1.49. The number of carbonyl (C=O) groups is 1. The molecule has 1 aliphatic heterocycles. The molecule has 5 rings (SSSR count). The van der Waals surface area contributed by atoms with Gasteiger partial charge in [0.2, 0.25) is 5.88 Å². The maximum Gasteiger partial charge on any atom is 0.416 e.